The van der Waals surface area contributed by atoms with E-state index in [1.54, 1.807) is 7.11 Å². The molecule has 0 radical (unpaired) electrons. The van der Waals surface area contributed by atoms with Gasteiger partial charge in [-0.1, -0.05) is 18.2 Å². The molecule has 0 saturated carbocycles. The number of thioether (sulfide) groups is 1. The van der Waals surface area contributed by atoms with Crippen LogP contribution in [0.5, 0.6) is 5.75 Å². The topological polar surface area (TPSA) is 21.3 Å². The van der Waals surface area contributed by atoms with E-state index in [2.05, 4.69) is 23.7 Å². The molecule has 1 aromatic carbocycles. The normalized spacial score (nSPS) is 12.5. The predicted molar refractivity (Wildman–Crippen MR) is 67.8 cm³/mol. The van der Waals surface area contributed by atoms with E-state index in [-0.39, 0.29) is 0 Å². The van der Waals surface area contributed by atoms with E-state index >= 15 is 0 Å². The minimum atomic E-state index is 0.383. The van der Waals surface area contributed by atoms with Crippen LogP contribution in [0.2, 0.25) is 0 Å². The van der Waals surface area contributed by atoms with Gasteiger partial charge in [0.1, 0.15) is 5.75 Å². The molecule has 1 N–H and O–H groups in total. The maximum atomic E-state index is 5.36. The Balaban J connectivity index is 2.80. The molecule has 1 aromatic rings. The minimum absolute atomic E-state index is 0.383. The van der Waals surface area contributed by atoms with E-state index in [1.807, 2.05) is 30.9 Å². The van der Waals surface area contributed by atoms with Crippen LogP contribution in [0.15, 0.2) is 24.3 Å². The van der Waals surface area contributed by atoms with Crippen LogP contribution in [-0.2, 0) is 0 Å². The molecule has 1 atom stereocenters. The van der Waals surface area contributed by atoms with Gasteiger partial charge in [0.25, 0.3) is 0 Å². The second-order valence-electron chi connectivity index (χ2n) is 3.36. The molecule has 0 aliphatic carbocycles. The molecule has 1 unspecified atom stereocenters. The van der Waals surface area contributed by atoms with Crippen LogP contribution in [0.1, 0.15) is 18.0 Å². The second kappa shape index (κ2) is 6.75. The smallest absolute Gasteiger partial charge is 0.123 e. The van der Waals surface area contributed by atoms with Crippen molar-refractivity contribution in [2.24, 2.45) is 0 Å². The summed E-state index contributed by atoms with van der Waals surface area (Å²) >= 11 is 1.87. The Hall–Kier alpha value is -0.670. The Morgan fingerprint density at radius 3 is 2.73 bits per heavy atom. The van der Waals surface area contributed by atoms with Gasteiger partial charge in [0.2, 0.25) is 0 Å². The number of ether oxygens (including phenoxy) is 1. The van der Waals surface area contributed by atoms with Gasteiger partial charge in [0, 0.05) is 11.6 Å². The lowest BCUT2D eigenvalue weighted by atomic mass is 10.0. The van der Waals surface area contributed by atoms with Crippen LogP contribution in [0.25, 0.3) is 0 Å². The van der Waals surface area contributed by atoms with Crippen molar-refractivity contribution in [1.29, 1.82) is 0 Å². The lowest BCUT2D eigenvalue weighted by Gasteiger charge is -2.18. The molecule has 15 heavy (non-hydrogen) atoms. The largest absolute Gasteiger partial charge is 0.496 e. The van der Waals surface area contributed by atoms with Gasteiger partial charge >= 0.3 is 0 Å². The molecule has 0 amide bonds. The maximum Gasteiger partial charge on any atom is 0.123 e. The van der Waals surface area contributed by atoms with Gasteiger partial charge in [-0.3, -0.25) is 0 Å². The molecule has 1 rings (SSSR count). The van der Waals surface area contributed by atoms with E-state index in [0.29, 0.717) is 6.04 Å². The summed E-state index contributed by atoms with van der Waals surface area (Å²) in [6.45, 7) is 0. The standard InChI is InChI=1S/C12H19NOS/c1-13-11(8-9-15-3)10-6-4-5-7-12(10)14-2/h4-7,11,13H,8-9H2,1-3H3. The van der Waals surface area contributed by atoms with Gasteiger partial charge in [0.15, 0.2) is 0 Å². The molecule has 0 aromatic heterocycles. The van der Waals surface area contributed by atoms with Crippen molar-refractivity contribution >= 4 is 11.8 Å². The number of hydrogen-bond acceptors (Lipinski definition) is 3. The fourth-order valence-electron chi connectivity index (χ4n) is 1.65. The third-order valence-electron chi connectivity index (χ3n) is 2.47. The van der Waals surface area contributed by atoms with Crippen molar-refractivity contribution in [3.05, 3.63) is 29.8 Å². The summed E-state index contributed by atoms with van der Waals surface area (Å²) < 4.78 is 5.36. The summed E-state index contributed by atoms with van der Waals surface area (Å²) in [6.07, 6.45) is 3.26. The van der Waals surface area contributed by atoms with Crippen LogP contribution >= 0.6 is 11.8 Å². The zero-order chi connectivity index (χ0) is 11.1. The molecule has 3 heteroatoms. The van der Waals surface area contributed by atoms with E-state index < -0.39 is 0 Å². The number of para-hydroxylation sites is 1. The molecular weight excluding hydrogens is 206 g/mol. The maximum absolute atomic E-state index is 5.36. The first kappa shape index (κ1) is 12.4. The SMILES string of the molecule is CNC(CCSC)c1ccccc1OC. The zero-order valence-corrected chi connectivity index (χ0v) is 10.4. The summed E-state index contributed by atoms with van der Waals surface area (Å²) in [5.74, 6) is 2.13. The lowest BCUT2D eigenvalue weighted by Crippen LogP contribution is -2.17. The summed E-state index contributed by atoms with van der Waals surface area (Å²) in [5.41, 5.74) is 1.25. The summed E-state index contributed by atoms with van der Waals surface area (Å²) in [5, 5.41) is 3.33. The van der Waals surface area contributed by atoms with E-state index in [4.69, 9.17) is 4.74 Å². The van der Waals surface area contributed by atoms with Crippen LogP contribution in [-0.4, -0.2) is 26.2 Å². The lowest BCUT2D eigenvalue weighted by molar-refractivity contribution is 0.400. The van der Waals surface area contributed by atoms with Crippen molar-refractivity contribution in [2.75, 3.05) is 26.2 Å². The molecule has 0 fully saturated rings. The molecule has 84 valence electrons. The number of benzene rings is 1. The molecule has 0 saturated heterocycles. The Morgan fingerprint density at radius 2 is 2.13 bits per heavy atom. The van der Waals surface area contributed by atoms with Gasteiger partial charge in [-0.25, -0.2) is 0 Å². The highest BCUT2D eigenvalue weighted by atomic mass is 32.2. The van der Waals surface area contributed by atoms with Crippen LogP contribution in [0.4, 0.5) is 0 Å². The highest BCUT2D eigenvalue weighted by Crippen LogP contribution is 2.27. The van der Waals surface area contributed by atoms with E-state index in [0.717, 1.165) is 17.9 Å². The van der Waals surface area contributed by atoms with Gasteiger partial charge in [0.05, 0.1) is 7.11 Å². The van der Waals surface area contributed by atoms with Crippen molar-refractivity contribution in [3.63, 3.8) is 0 Å². The highest BCUT2D eigenvalue weighted by molar-refractivity contribution is 7.98. The van der Waals surface area contributed by atoms with Gasteiger partial charge in [-0.05, 0) is 31.5 Å². The number of rotatable bonds is 6. The summed E-state index contributed by atoms with van der Waals surface area (Å²) in [4.78, 5) is 0. The van der Waals surface area contributed by atoms with Gasteiger partial charge in [-0.2, -0.15) is 11.8 Å². The third-order valence-corrected chi connectivity index (χ3v) is 3.12. The Labute approximate surface area is 96.4 Å². The molecule has 0 aliphatic rings. The average molecular weight is 225 g/mol. The Bertz CT molecular complexity index is 291. The first-order chi connectivity index (χ1) is 7.33. The average Bonchev–Trinajstić information content (AvgIpc) is 2.30. The summed E-state index contributed by atoms with van der Waals surface area (Å²) in [6, 6.07) is 8.58. The first-order valence-electron chi connectivity index (χ1n) is 5.12. The third kappa shape index (κ3) is 3.43. The second-order valence-corrected chi connectivity index (χ2v) is 4.35. The van der Waals surface area contributed by atoms with Crippen molar-refractivity contribution < 1.29 is 4.74 Å². The number of methoxy groups -OCH3 is 1. The molecule has 0 heterocycles. The molecular formula is C12H19NOS. The molecule has 0 aliphatic heterocycles. The van der Waals surface area contributed by atoms with Crippen molar-refractivity contribution in [1.82, 2.24) is 5.32 Å². The zero-order valence-electron chi connectivity index (χ0n) is 9.62. The van der Waals surface area contributed by atoms with Gasteiger partial charge in [-0.15, -0.1) is 0 Å². The number of nitrogens with one attached hydrogen (secondary N) is 1. The van der Waals surface area contributed by atoms with Crippen LogP contribution in [0.3, 0.4) is 0 Å². The van der Waals surface area contributed by atoms with E-state index in [1.165, 1.54) is 5.56 Å². The van der Waals surface area contributed by atoms with Crippen molar-refractivity contribution in [2.45, 2.75) is 12.5 Å². The van der Waals surface area contributed by atoms with Crippen molar-refractivity contribution in [3.8, 4) is 5.75 Å². The molecule has 2 nitrogen and oxygen atoms in total. The Morgan fingerprint density at radius 1 is 1.40 bits per heavy atom. The predicted octanol–water partition coefficient (Wildman–Crippen LogP) is 2.71. The first-order valence-corrected chi connectivity index (χ1v) is 6.52. The van der Waals surface area contributed by atoms with Crippen LogP contribution < -0.4 is 10.1 Å². The molecule has 0 bridgehead atoms. The minimum Gasteiger partial charge on any atom is -0.496 e. The van der Waals surface area contributed by atoms with Crippen LogP contribution in [0, 0.1) is 0 Å². The highest BCUT2D eigenvalue weighted by Gasteiger charge is 2.12. The van der Waals surface area contributed by atoms with Gasteiger partial charge < -0.3 is 10.1 Å². The quantitative estimate of drug-likeness (QED) is 0.804. The number of hydrogen-bond donors (Lipinski definition) is 1. The Kier molecular flexibility index (Phi) is 5.58. The molecule has 0 spiro atoms. The van der Waals surface area contributed by atoms with E-state index in [9.17, 15) is 0 Å². The monoisotopic (exact) mass is 225 g/mol. The fourth-order valence-corrected chi connectivity index (χ4v) is 2.12. The fraction of sp³-hybridized carbons (Fsp3) is 0.500. The summed E-state index contributed by atoms with van der Waals surface area (Å²) in [7, 11) is 3.72.